The first-order chi connectivity index (χ1) is 9.60. The highest BCUT2D eigenvalue weighted by molar-refractivity contribution is 7.89. The maximum absolute atomic E-state index is 10.7. The fourth-order valence-corrected chi connectivity index (χ4v) is 2.27. The van der Waals surface area contributed by atoms with Crippen molar-refractivity contribution in [2.24, 2.45) is 5.14 Å². The zero-order valence-corrected chi connectivity index (χ0v) is 12.4. The van der Waals surface area contributed by atoms with Gasteiger partial charge in [0.15, 0.2) is 0 Å². The predicted octanol–water partition coefficient (Wildman–Crippen LogP) is 0.849. The van der Waals surface area contributed by atoms with E-state index in [1.54, 1.807) is 18.2 Å². The molecule has 9 heteroatoms. The van der Waals surface area contributed by atoms with Crippen LogP contribution in [0.1, 0.15) is 0 Å². The van der Waals surface area contributed by atoms with Gasteiger partial charge in [0, 0.05) is 5.69 Å². The van der Waals surface area contributed by atoms with E-state index in [4.69, 9.17) is 15.4 Å². The first-order valence-corrected chi connectivity index (χ1v) is 8.50. The molecule has 0 amide bonds. The topological polar surface area (TPSA) is 141 Å². The van der Waals surface area contributed by atoms with Gasteiger partial charge >= 0.3 is 0 Å². The molecule has 5 N–H and O–H groups in total. The van der Waals surface area contributed by atoms with Crippen LogP contribution in [0.15, 0.2) is 64.4 Å². The molecule has 2 aromatic rings. The van der Waals surface area contributed by atoms with Crippen LogP contribution in [0.4, 0.5) is 5.69 Å². The lowest BCUT2D eigenvalue weighted by Gasteiger charge is -1.96. The molecule has 2 aromatic carbocycles. The lowest BCUT2D eigenvalue weighted by atomic mass is 10.3. The Kier molecular flexibility index (Phi) is 5.44. The van der Waals surface area contributed by atoms with Gasteiger partial charge in [-0.05, 0) is 36.4 Å². The molecule has 7 nitrogen and oxygen atoms in total. The molecule has 0 aromatic heterocycles. The minimum Gasteiger partial charge on any atom is -0.399 e. The summed E-state index contributed by atoms with van der Waals surface area (Å²) in [4.78, 5) is 0.00157. The van der Waals surface area contributed by atoms with Gasteiger partial charge in [-0.2, -0.15) is 8.42 Å². The second-order valence-corrected chi connectivity index (χ2v) is 6.89. The maximum atomic E-state index is 10.7. The highest BCUT2D eigenvalue weighted by Crippen LogP contribution is 2.08. The lowest BCUT2D eigenvalue weighted by molar-refractivity contribution is 0.483. The minimum absolute atomic E-state index is 0.0741. The molecule has 114 valence electrons. The van der Waals surface area contributed by atoms with E-state index in [-0.39, 0.29) is 9.79 Å². The fourth-order valence-electron chi connectivity index (χ4n) is 1.25. The van der Waals surface area contributed by atoms with Crippen LogP contribution in [0, 0.1) is 0 Å². The van der Waals surface area contributed by atoms with Crippen LogP contribution >= 0.6 is 0 Å². The van der Waals surface area contributed by atoms with Crippen molar-refractivity contribution in [2.45, 2.75) is 9.79 Å². The van der Waals surface area contributed by atoms with E-state index in [0.717, 1.165) is 0 Å². The standard InChI is InChI=1S/C6H8N2O2S.C6H6O3S/c7-5-1-3-6(4-2-5)11(8,9)10;7-10(8,9)6-4-2-1-3-5-6/h1-4H,7H2,(H2,8,9,10);1-5H,(H,7,8,9). The van der Waals surface area contributed by atoms with E-state index in [1.807, 2.05) is 0 Å². The summed E-state index contributed by atoms with van der Waals surface area (Å²) in [7, 11) is -7.58. The number of nitrogens with two attached hydrogens (primary N) is 2. The molecule has 0 spiro atoms. The van der Waals surface area contributed by atoms with Crippen LogP contribution in [0.5, 0.6) is 0 Å². The Balaban J connectivity index is 0.000000211. The molecule has 0 unspecified atom stereocenters. The fraction of sp³-hybridized carbons (Fsp3) is 0. The number of anilines is 1. The summed E-state index contributed by atoms with van der Waals surface area (Å²) in [6, 6.07) is 13.1. The van der Waals surface area contributed by atoms with E-state index in [2.05, 4.69) is 0 Å². The van der Waals surface area contributed by atoms with Gasteiger partial charge in [-0.3, -0.25) is 4.55 Å². The van der Waals surface area contributed by atoms with Crippen molar-refractivity contribution >= 4 is 25.8 Å². The number of nitrogen functional groups attached to an aromatic ring is 1. The number of primary sulfonamides is 1. The molecule has 21 heavy (non-hydrogen) atoms. The van der Waals surface area contributed by atoms with Crippen molar-refractivity contribution < 1.29 is 21.4 Å². The second kappa shape index (κ2) is 6.68. The molecule has 2 rings (SSSR count). The zero-order chi connectivity index (χ0) is 16.1. The summed E-state index contributed by atoms with van der Waals surface area (Å²) in [6.45, 7) is 0. The average molecular weight is 330 g/mol. The molecule has 0 heterocycles. The number of hydrogen-bond donors (Lipinski definition) is 3. The summed E-state index contributed by atoms with van der Waals surface area (Å²) in [6.07, 6.45) is 0. The molecule has 0 saturated heterocycles. The molecule has 0 bridgehead atoms. The highest BCUT2D eigenvalue weighted by Gasteiger charge is 2.06. The molecule has 0 atom stereocenters. The monoisotopic (exact) mass is 330 g/mol. The van der Waals surface area contributed by atoms with Gasteiger partial charge in [-0.15, -0.1) is 0 Å². The van der Waals surface area contributed by atoms with Crippen molar-refractivity contribution in [1.82, 2.24) is 0 Å². The molecule has 0 saturated carbocycles. The Morgan fingerprint density at radius 2 is 1.24 bits per heavy atom. The van der Waals surface area contributed by atoms with Crippen molar-refractivity contribution in [1.29, 1.82) is 0 Å². The summed E-state index contributed by atoms with van der Waals surface area (Å²) < 4.78 is 50.6. The molecular weight excluding hydrogens is 316 g/mol. The van der Waals surface area contributed by atoms with Crippen molar-refractivity contribution in [3.8, 4) is 0 Å². The summed E-state index contributed by atoms with van der Waals surface area (Å²) >= 11 is 0. The van der Waals surface area contributed by atoms with Crippen molar-refractivity contribution in [3.05, 3.63) is 54.6 Å². The zero-order valence-electron chi connectivity index (χ0n) is 10.7. The van der Waals surface area contributed by atoms with E-state index in [0.29, 0.717) is 5.69 Å². The lowest BCUT2D eigenvalue weighted by Crippen LogP contribution is -2.11. The second-order valence-electron chi connectivity index (χ2n) is 3.90. The quantitative estimate of drug-likeness (QED) is 0.550. The Labute approximate surface area is 123 Å². The summed E-state index contributed by atoms with van der Waals surface area (Å²) in [5.41, 5.74) is 5.85. The third kappa shape index (κ3) is 5.92. The summed E-state index contributed by atoms with van der Waals surface area (Å²) in [5.74, 6) is 0. The summed E-state index contributed by atoms with van der Waals surface area (Å²) in [5, 5.41) is 4.84. The average Bonchev–Trinajstić information content (AvgIpc) is 2.39. The van der Waals surface area contributed by atoms with Gasteiger partial charge in [0.1, 0.15) is 0 Å². The van der Waals surface area contributed by atoms with Gasteiger partial charge in [0.05, 0.1) is 9.79 Å². The SMILES string of the molecule is Nc1ccc(S(N)(=O)=O)cc1.O=S(=O)(O)c1ccccc1. The van der Waals surface area contributed by atoms with Crippen LogP contribution < -0.4 is 10.9 Å². The van der Waals surface area contributed by atoms with Crippen LogP contribution in [0.3, 0.4) is 0 Å². The molecule has 0 aliphatic heterocycles. The van der Waals surface area contributed by atoms with Gasteiger partial charge in [0.25, 0.3) is 10.1 Å². The van der Waals surface area contributed by atoms with Crippen molar-refractivity contribution in [3.63, 3.8) is 0 Å². The van der Waals surface area contributed by atoms with E-state index in [9.17, 15) is 16.8 Å². The Morgan fingerprint density at radius 1 is 0.762 bits per heavy atom. The molecule has 0 fully saturated rings. The molecular formula is C12H14N2O5S2. The Morgan fingerprint density at radius 3 is 1.57 bits per heavy atom. The maximum Gasteiger partial charge on any atom is 0.294 e. The van der Waals surface area contributed by atoms with Crippen LogP contribution in [0.2, 0.25) is 0 Å². The van der Waals surface area contributed by atoms with E-state index in [1.165, 1.54) is 36.4 Å². The van der Waals surface area contributed by atoms with Crippen LogP contribution in [-0.2, 0) is 20.1 Å². The minimum atomic E-state index is -4.00. The predicted molar refractivity (Wildman–Crippen MR) is 78.5 cm³/mol. The van der Waals surface area contributed by atoms with E-state index >= 15 is 0 Å². The Bertz CT molecular complexity index is 785. The Hall–Kier alpha value is -1.94. The number of sulfonamides is 1. The van der Waals surface area contributed by atoms with Gasteiger partial charge in [-0.25, -0.2) is 13.6 Å². The van der Waals surface area contributed by atoms with Crippen LogP contribution in [-0.4, -0.2) is 21.4 Å². The third-order valence-electron chi connectivity index (χ3n) is 2.25. The first-order valence-electron chi connectivity index (χ1n) is 5.51. The molecule has 0 aliphatic carbocycles. The third-order valence-corrected chi connectivity index (χ3v) is 4.05. The highest BCUT2D eigenvalue weighted by atomic mass is 32.2. The number of rotatable bonds is 2. The van der Waals surface area contributed by atoms with Gasteiger partial charge in [-0.1, -0.05) is 18.2 Å². The number of benzene rings is 2. The normalized spacial score (nSPS) is 11.3. The van der Waals surface area contributed by atoms with Gasteiger partial charge in [0.2, 0.25) is 10.0 Å². The van der Waals surface area contributed by atoms with Gasteiger partial charge < -0.3 is 5.73 Å². The first kappa shape index (κ1) is 17.1. The van der Waals surface area contributed by atoms with Crippen LogP contribution in [0.25, 0.3) is 0 Å². The molecule has 0 radical (unpaired) electrons. The number of hydrogen-bond acceptors (Lipinski definition) is 5. The van der Waals surface area contributed by atoms with Crippen molar-refractivity contribution in [2.75, 3.05) is 5.73 Å². The largest absolute Gasteiger partial charge is 0.399 e. The molecule has 0 aliphatic rings. The van der Waals surface area contributed by atoms with E-state index < -0.39 is 20.1 Å². The smallest absolute Gasteiger partial charge is 0.294 e.